The van der Waals surface area contributed by atoms with Crippen LogP contribution in [0, 0.1) is 0 Å². The number of hydrogen-bond donors (Lipinski definition) is 1. The largest absolute Gasteiger partial charge is 0.383 e. The van der Waals surface area contributed by atoms with Gasteiger partial charge in [0.1, 0.15) is 0 Å². The van der Waals surface area contributed by atoms with Gasteiger partial charge in [-0.05, 0) is 32.9 Å². The molecule has 0 radical (unpaired) electrons. The van der Waals surface area contributed by atoms with Crippen LogP contribution in [0.4, 0.5) is 0 Å². The molecule has 0 saturated carbocycles. The lowest BCUT2D eigenvalue weighted by atomic mass is 9.91. The van der Waals surface area contributed by atoms with Gasteiger partial charge in [0.25, 0.3) is 0 Å². The molecule has 1 heterocycles. The monoisotopic (exact) mass is 172 g/mol. The molecule has 1 aliphatic rings. The van der Waals surface area contributed by atoms with Gasteiger partial charge in [-0.25, -0.2) is 0 Å². The standard InChI is InChI=1S/C9H20N2O/c1-9(10)3-5-11(6-4-9)7-8-12-2/h3-8,10H2,1-2H3. The van der Waals surface area contributed by atoms with Crippen LogP contribution < -0.4 is 5.73 Å². The molecule has 1 fully saturated rings. The molecule has 0 aliphatic carbocycles. The summed E-state index contributed by atoms with van der Waals surface area (Å²) in [5.41, 5.74) is 6.08. The van der Waals surface area contributed by atoms with Gasteiger partial charge in [0, 0.05) is 19.2 Å². The van der Waals surface area contributed by atoms with E-state index in [0.29, 0.717) is 0 Å². The van der Waals surface area contributed by atoms with Gasteiger partial charge in [0.15, 0.2) is 0 Å². The second kappa shape index (κ2) is 4.21. The molecule has 0 aromatic heterocycles. The van der Waals surface area contributed by atoms with Crippen LogP contribution in [0.5, 0.6) is 0 Å². The number of ether oxygens (including phenoxy) is 1. The molecule has 0 spiro atoms. The van der Waals surface area contributed by atoms with Crippen LogP contribution in [0.1, 0.15) is 19.8 Å². The molecule has 2 N–H and O–H groups in total. The average Bonchev–Trinajstić information content (AvgIpc) is 2.03. The number of rotatable bonds is 3. The highest BCUT2D eigenvalue weighted by atomic mass is 16.5. The fraction of sp³-hybridized carbons (Fsp3) is 1.00. The highest BCUT2D eigenvalue weighted by Crippen LogP contribution is 2.17. The van der Waals surface area contributed by atoms with Gasteiger partial charge in [-0.3, -0.25) is 0 Å². The first kappa shape index (κ1) is 9.96. The van der Waals surface area contributed by atoms with Crippen molar-refractivity contribution in [3.05, 3.63) is 0 Å². The smallest absolute Gasteiger partial charge is 0.0589 e. The van der Waals surface area contributed by atoms with Crippen LogP contribution in [0.25, 0.3) is 0 Å². The van der Waals surface area contributed by atoms with Gasteiger partial charge in [0.2, 0.25) is 0 Å². The maximum atomic E-state index is 6.01. The normalized spacial score (nSPS) is 24.2. The van der Waals surface area contributed by atoms with E-state index in [4.69, 9.17) is 10.5 Å². The summed E-state index contributed by atoms with van der Waals surface area (Å²) in [5.74, 6) is 0. The molecular formula is C9H20N2O. The average molecular weight is 172 g/mol. The third kappa shape index (κ3) is 3.09. The second-order valence-electron chi connectivity index (χ2n) is 3.99. The first-order chi connectivity index (χ1) is 5.64. The number of piperidine rings is 1. The number of nitrogens with zero attached hydrogens (tertiary/aromatic N) is 1. The summed E-state index contributed by atoms with van der Waals surface area (Å²) >= 11 is 0. The van der Waals surface area contributed by atoms with Crippen molar-refractivity contribution >= 4 is 0 Å². The Morgan fingerprint density at radius 3 is 2.50 bits per heavy atom. The van der Waals surface area contributed by atoms with E-state index >= 15 is 0 Å². The predicted molar refractivity (Wildman–Crippen MR) is 50.1 cm³/mol. The highest BCUT2D eigenvalue weighted by molar-refractivity contribution is 4.85. The fourth-order valence-electron chi connectivity index (χ4n) is 1.51. The predicted octanol–water partition coefficient (Wildman–Crippen LogP) is 0.446. The van der Waals surface area contributed by atoms with E-state index in [1.165, 1.54) is 0 Å². The Morgan fingerprint density at radius 2 is 2.00 bits per heavy atom. The Morgan fingerprint density at radius 1 is 1.42 bits per heavy atom. The number of methoxy groups -OCH3 is 1. The summed E-state index contributed by atoms with van der Waals surface area (Å²) in [7, 11) is 1.75. The zero-order valence-electron chi connectivity index (χ0n) is 8.18. The summed E-state index contributed by atoms with van der Waals surface area (Å²) in [6, 6.07) is 0. The van der Waals surface area contributed by atoms with E-state index in [1.807, 2.05) is 0 Å². The van der Waals surface area contributed by atoms with E-state index in [-0.39, 0.29) is 5.54 Å². The molecule has 0 aromatic rings. The van der Waals surface area contributed by atoms with Crippen molar-refractivity contribution in [3.63, 3.8) is 0 Å². The van der Waals surface area contributed by atoms with Crippen molar-refractivity contribution in [2.24, 2.45) is 5.73 Å². The molecule has 12 heavy (non-hydrogen) atoms. The summed E-state index contributed by atoms with van der Waals surface area (Å²) in [4.78, 5) is 2.41. The number of nitrogens with two attached hydrogens (primary N) is 1. The maximum absolute atomic E-state index is 6.01. The Hall–Kier alpha value is -0.120. The molecule has 3 heteroatoms. The molecule has 1 aliphatic heterocycles. The van der Waals surface area contributed by atoms with E-state index in [0.717, 1.165) is 39.1 Å². The van der Waals surface area contributed by atoms with Crippen LogP contribution in [-0.2, 0) is 4.74 Å². The van der Waals surface area contributed by atoms with Gasteiger partial charge in [0.05, 0.1) is 6.61 Å². The van der Waals surface area contributed by atoms with E-state index in [2.05, 4.69) is 11.8 Å². The van der Waals surface area contributed by atoms with E-state index in [1.54, 1.807) is 7.11 Å². The summed E-state index contributed by atoms with van der Waals surface area (Å²) < 4.78 is 5.02. The van der Waals surface area contributed by atoms with E-state index in [9.17, 15) is 0 Å². The lowest BCUT2D eigenvalue weighted by Crippen LogP contribution is -2.48. The number of hydrogen-bond acceptors (Lipinski definition) is 3. The molecule has 3 nitrogen and oxygen atoms in total. The Bertz CT molecular complexity index is 126. The van der Waals surface area contributed by atoms with Crippen molar-refractivity contribution in [2.75, 3.05) is 33.4 Å². The van der Waals surface area contributed by atoms with Crippen LogP contribution in [0.15, 0.2) is 0 Å². The van der Waals surface area contributed by atoms with Crippen molar-refractivity contribution in [3.8, 4) is 0 Å². The minimum Gasteiger partial charge on any atom is -0.383 e. The molecule has 1 rings (SSSR count). The summed E-state index contributed by atoms with van der Waals surface area (Å²) in [5, 5.41) is 0. The zero-order valence-corrected chi connectivity index (χ0v) is 8.18. The van der Waals surface area contributed by atoms with Crippen molar-refractivity contribution in [1.29, 1.82) is 0 Å². The van der Waals surface area contributed by atoms with Crippen LogP contribution in [0.2, 0.25) is 0 Å². The molecule has 1 saturated heterocycles. The van der Waals surface area contributed by atoms with Gasteiger partial charge in [-0.1, -0.05) is 0 Å². The van der Waals surface area contributed by atoms with Crippen molar-refractivity contribution in [2.45, 2.75) is 25.3 Å². The minimum atomic E-state index is 0.0730. The fourth-order valence-corrected chi connectivity index (χ4v) is 1.51. The third-order valence-corrected chi connectivity index (χ3v) is 2.61. The number of likely N-dealkylation sites (tertiary alicyclic amines) is 1. The van der Waals surface area contributed by atoms with Crippen LogP contribution in [0.3, 0.4) is 0 Å². The second-order valence-corrected chi connectivity index (χ2v) is 3.99. The Kier molecular flexibility index (Phi) is 3.50. The molecule has 0 unspecified atom stereocenters. The van der Waals surface area contributed by atoms with Crippen LogP contribution >= 0.6 is 0 Å². The first-order valence-corrected chi connectivity index (χ1v) is 4.64. The molecule has 72 valence electrons. The molecular weight excluding hydrogens is 152 g/mol. The lowest BCUT2D eigenvalue weighted by Gasteiger charge is -2.36. The minimum absolute atomic E-state index is 0.0730. The molecule has 0 amide bonds. The Labute approximate surface area is 74.9 Å². The first-order valence-electron chi connectivity index (χ1n) is 4.64. The maximum Gasteiger partial charge on any atom is 0.0589 e. The SMILES string of the molecule is COCCN1CCC(C)(N)CC1. The topological polar surface area (TPSA) is 38.5 Å². The molecule has 0 aromatic carbocycles. The summed E-state index contributed by atoms with van der Waals surface area (Å²) in [6.45, 7) is 6.27. The molecule has 0 atom stereocenters. The van der Waals surface area contributed by atoms with Crippen molar-refractivity contribution < 1.29 is 4.74 Å². The Balaban J connectivity index is 2.18. The molecule has 0 bridgehead atoms. The van der Waals surface area contributed by atoms with Gasteiger partial charge < -0.3 is 15.4 Å². The van der Waals surface area contributed by atoms with Gasteiger partial charge in [-0.15, -0.1) is 0 Å². The van der Waals surface area contributed by atoms with Gasteiger partial charge >= 0.3 is 0 Å². The zero-order chi connectivity index (χ0) is 9.03. The highest BCUT2D eigenvalue weighted by Gasteiger charge is 2.25. The van der Waals surface area contributed by atoms with E-state index < -0.39 is 0 Å². The van der Waals surface area contributed by atoms with Crippen LogP contribution in [-0.4, -0.2) is 43.8 Å². The quantitative estimate of drug-likeness (QED) is 0.671. The third-order valence-electron chi connectivity index (χ3n) is 2.61. The lowest BCUT2D eigenvalue weighted by molar-refractivity contribution is 0.115. The van der Waals surface area contributed by atoms with Gasteiger partial charge in [-0.2, -0.15) is 0 Å². The summed E-state index contributed by atoms with van der Waals surface area (Å²) in [6.07, 6.45) is 2.22. The van der Waals surface area contributed by atoms with Crippen molar-refractivity contribution in [1.82, 2.24) is 4.90 Å².